The highest BCUT2D eigenvalue weighted by Crippen LogP contribution is 2.46. The van der Waals surface area contributed by atoms with Gasteiger partial charge in [-0.3, -0.25) is 9.69 Å². The van der Waals surface area contributed by atoms with E-state index in [2.05, 4.69) is 0 Å². The summed E-state index contributed by atoms with van der Waals surface area (Å²) >= 11 is 1.50. The molecular formula is C21H23NO3S. The van der Waals surface area contributed by atoms with Gasteiger partial charge in [0.15, 0.2) is 11.5 Å². The number of thiophene rings is 1. The molecule has 1 aromatic carbocycles. The average Bonchev–Trinajstić information content (AvgIpc) is 3.13. The Morgan fingerprint density at radius 2 is 1.81 bits per heavy atom. The Bertz CT molecular complexity index is 849. The Kier molecular flexibility index (Phi) is 4.49. The molecule has 0 spiro atoms. The number of carbonyl (C=O) groups excluding carboxylic acids is 1. The second-order valence-corrected chi connectivity index (χ2v) is 8.18. The second kappa shape index (κ2) is 6.80. The SMILES string of the molecule is CC1C(O)=C(O)c2cc(-c3ccccc3)sc2N1C(=O)C1CCCCC1. The predicted octanol–water partition coefficient (Wildman–Crippen LogP) is 5.52. The molecule has 2 N–H and O–H groups in total. The minimum atomic E-state index is -0.542. The van der Waals surface area contributed by atoms with Crippen LogP contribution in [0.1, 0.15) is 44.6 Å². The summed E-state index contributed by atoms with van der Waals surface area (Å²) in [7, 11) is 0. The fourth-order valence-electron chi connectivity index (χ4n) is 3.95. The summed E-state index contributed by atoms with van der Waals surface area (Å²) in [6.45, 7) is 1.77. The first-order chi connectivity index (χ1) is 12.6. The third-order valence-electron chi connectivity index (χ3n) is 5.46. The molecular weight excluding hydrogens is 346 g/mol. The van der Waals surface area contributed by atoms with E-state index in [9.17, 15) is 15.0 Å². The number of amides is 1. The Morgan fingerprint density at radius 3 is 2.50 bits per heavy atom. The van der Waals surface area contributed by atoms with Gasteiger partial charge in [-0.1, -0.05) is 49.6 Å². The topological polar surface area (TPSA) is 60.8 Å². The molecule has 2 aliphatic rings. The van der Waals surface area contributed by atoms with E-state index in [1.54, 1.807) is 11.8 Å². The first kappa shape index (κ1) is 17.2. The van der Waals surface area contributed by atoms with E-state index in [1.165, 1.54) is 17.8 Å². The van der Waals surface area contributed by atoms with E-state index in [-0.39, 0.29) is 23.3 Å². The Hall–Kier alpha value is -2.27. The quantitative estimate of drug-likeness (QED) is 0.733. The van der Waals surface area contributed by atoms with Crippen LogP contribution in [-0.4, -0.2) is 22.2 Å². The van der Waals surface area contributed by atoms with E-state index in [1.807, 2.05) is 36.4 Å². The van der Waals surface area contributed by atoms with Crippen molar-refractivity contribution in [1.29, 1.82) is 0 Å². The largest absolute Gasteiger partial charge is 0.506 e. The van der Waals surface area contributed by atoms with Gasteiger partial charge in [0.1, 0.15) is 5.00 Å². The number of hydrogen-bond donors (Lipinski definition) is 2. The molecule has 1 aliphatic carbocycles. The molecule has 1 saturated carbocycles. The Balaban J connectivity index is 1.77. The summed E-state index contributed by atoms with van der Waals surface area (Å²) in [5.41, 5.74) is 1.59. The molecule has 4 nitrogen and oxygen atoms in total. The van der Waals surface area contributed by atoms with E-state index in [4.69, 9.17) is 0 Å². The van der Waals surface area contributed by atoms with Crippen LogP contribution in [0.15, 0.2) is 42.2 Å². The van der Waals surface area contributed by atoms with Gasteiger partial charge in [-0.05, 0) is 31.4 Å². The van der Waals surface area contributed by atoms with E-state index in [0.717, 1.165) is 41.1 Å². The van der Waals surface area contributed by atoms with Crippen LogP contribution < -0.4 is 4.90 Å². The van der Waals surface area contributed by atoms with Crippen LogP contribution in [-0.2, 0) is 4.79 Å². The van der Waals surface area contributed by atoms with Crippen molar-refractivity contribution in [3.05, 3.63) is 47.7 Å². The zero-order valence-corrected chi connectivity index (χ0v) is 15.6. The number of aliphatic hydroxyl groups excluding tert-OH is 2. The maximum Gasteiger partial charge on any atom is 0.231 e. The van der Waals surface area contributed by atoms with Crippen molar-refractivity contribution in [2.75, 3.05) is 4.90 Å². The lowest BCUT2D eigenvalue weighted by Gasteiger charge is -2.35. The molecule has 1 amide bonds. The van der Waals surface area contributed by atoms with Gasteiger partial charge < -0.3 is 10.2 Å². The second-order valence-electron chi connectivity index (χ2n) is 7.15. The summed E-state index contributed by atoms with van der Waals surface area (Å²) in [4.78, 5) is 15.9. The zero-order chi connectivity index (χ0) is 18.3. The highest BCUT2D eigenvalue weighted by atomic mass is 32.1. The summed E-state index contributed by atoms with van der Waals surface area (Å²) < 4.78 is 0. The van der Waals surface area contributed by atoms with Crippen LogP contribution in [0.5, 0.6) is 0 Å². The van der Waals surface area contributed by atoms with Crippen molar-refractivity contribution in [2.45, 2.75) is 45.1 Å². The predicted molar refractivity (Wildman–Crippen MR) is 105 cm³/mol. The number of carbonyl (C=O) groups is 1. The number of rotatable bonds is 2. The highest BCUT2D eigenvalue weighted by Gasteiger charge is 2.39. The smallest absolute Gasteiger partial charge is 0.231 e. The van der Waals surface area contributed by atoms with Crippen molar-refractivity contribution in [3.63, 3.8) is 0 Å². The van der Waals surface area contributed by atoms with Gasteiger partial charge in [0.2, 0.25) is 5.91 Å². The number of benzene rings is 1. The highest BCUT2D eigenvalue weighted by molar-refractivity contribution is 7.20. The number of nitrogens with zero attached hydrogens (tertiary/aromatic N) is 1. The molecule has 2 aromatic rings. The number of hydrogen-bond acceptors (Lipinski definition) is 4. The zero-order valence-electron chi connectivity index (χ0n) is 14.8. The molecule has 1 fully saturated rings. The molecule has 1 aromatic heterocycles. The van der Waals surface area contributed by atoms with Crippen LogP contribution in [0, 0.1) is 5.92 Å². The first-order valence-electron chi connectivity index (χ1n) is 9.22. The number of anilines is 1. The monoisotopic (exact) mass is 369 g/mol. The summed E-state index contributed by atoms with van der Waals surface area (Å²) in [6, 6.07) is 11.2. The fourth-order valence-corrected chi connectivity index (χ4v) is 5.20. The molecule has 0 bridgehead atoms. The molecule has 1 atom stereocenters. The van der Waals surface area contributed by atoms with Crippen LogP contribution in [0.2, 0.25) is 0 Å². The van der Waals surface area contributed by atoms with Gasteiger partial charge in [0, 0.05) is 10.8 Å². The van der Waals surface area contributed by atoms with E-state index in [0.29, 0.717) is 5.56 Å². The van der Waals surface area contributed by atoms with Crippen LogP contribution in [0.25, 0.3) is 16.2 Å². The van der Waals surface area contributed by atoms with Gasteiger partial charge >= 0.3 is 0 Å². The number of fused-ring (bicyclic) bond motifs is 1. The minimum Gasteiger partial charge on any atom is -0.506 e. The lowest BCUT2D eigenvalue weighted by molar-refractivity contribution is -0.123. The van der Waals surface area contributed by atoms with Crippen molar-refractivity contribution >= 4 is 28.0 Å². The third kappa shape index (κ3) is 2.80. The third-order valence-corrected chi connectivity index (χ3v) is 6.65. The lowest BCUT2D eigenvalue weighted by atomic mass is 9.87. The van der Waals surface area contributed by atoms with E-state index < -0.39 is 6.04 Å². The average molecular weight is 369 g/mol. The van der Waals surface area contributed by atoms with Crippen LogP contribution in [0.4, 0.5) is 5.00 Å². The van der Waals surface area contributed by atoms with Gasteiger partial charge in [0.05, 0.1) is 11.6 Å². The lowest BCUT2D eigenvalue weighted by Crippen LogP contribution is -2.45. The van der Waals surface area contributed by atoms with Crippen molar-refractivity contribution in [1.82, 2.24) is 0 Å². The Morgan fingerprint density at radius 1 is 1.12 bits per heavy atom. The maximum atomic E-state index is 13.2. The molecule has 1 aliphatic heterocycles. The van der Waals surface area contributed by atoms with Gasteiger partial charge in [0.25, 0.3) is 0 Å². The molecule has 5 heteroatoms. The van der Waals surface area contributed by atoms with Gasteiger partial charge in [-0.25, -0.2) is 0 Å². The molecule has 4 rings (SSSR count). The molecule has 1 unspecified atom stereocenters. The molecule has 2 heterocycles. The molecule has 0 radical (unpaired) electrons. The normalized spacial score (nSPS) is 21.0. The standard InChI is InChI=1S/C21H23NO3S/c1-13-18(23)19(24)16-12-17(14-8-4-2-5-9-14)26-21(16)22(13)20(25)15-10-6-3-7-11-15/h2,4-5,8-9,12-13,15,23-24H,3,6-7,10-11H2,1H3. The van der Waals surface area contributed by atoms with Gasteiger partial charge in [-0.2, -0.15) is 0 Å². The summed E-state index contributed by atoms with van der Waals surface area (Å²) in [5, 5.41) is 21.6. The van der Waals surface area contributed by atoms with Crippen LogP contribution >= 0.6 is 11.3 Å². The summed E-state index contributed by atoms with van der Waals surface area (Å²) in [6.07, 6.45) is 5.17. The summed E-state index contributed by atoms with van der Waals surface area (Å²) in [5.74, 6) is -0.161. The Labute approximate surface area is 157 Å². The number of aliphatic hydroxyl groups is 2. The fraction of sp³-hybridized carbons (Fsp3) is 0.381. The minimum absolute atomic E-state index is 0.00867. The van der Waals surface area contributed by atoms with E-state index >= 15 is 0 Å². The molecule has 26 heavy (non-hydrogen) atoms. The van der Waals surface area contributed by atoms with Crippen molar-refractivity contribution < 1.29 is 15.0 Å². The van der Waals surface area contributed by atoms with Crippen LogP contribution in [0.3, 0.4) is 0 Å². The van der Waals surface area contributed by atoms with Crippen molar-refractivity contribution in [2.24, 2.45) is 5.92 Å². The van der Waals surface area contributed by atoms with Crippen molar-refractivity contribution in [3.8, 4) is 10.4 Å². The molecule has 0 saturated heterocycles. The molecule has 136 valence electrons. The maximum absolute atomic E-state index is 13.2. The first-order valence-corrected chi connectivity index (χ1v) is 10.0. The van der Waals surface area contributed by atoms with Gasteiger partial charge in [-0.15, -0.1) is 11.3 Å².